The first-order chi connectivity index (χ1) is 9.08. The number of fused-ring (bicyclic) bond motifs is 1. The molecule has 1 atom stereocenters. The third kappa shape index (κ3) is 1.97. The minimum atomic E-state index is -1.13. The predicted molar refractivity (Wildman–Crippen MR) is 72.9 cm³/mol. The number of carbonyl (C=O) groups excluding carboxylic acids is 1. The summed E-state index contributed by atoms with van der Waals surface area (Å²) in [6.07, 6.45) is 2.25. The van der Waals surface area contributed by atoms with Crippen LogP contribution in [0.4, 0.5) is 0 Å². The third-order valence-corrected chi connectivity index (χ3v) is 4.21. The Balaban J connectivity index is 2.16. The van der Waals surface area contributed by atoms with E-state index in [1.165, 1.54) is 17.4 Å². The number of ketones is 1. The molecular weight excluding hydrogens is 332 g/mol. The number of aliphatic carboxylic acids is 1. The number of allylic oxidation sites excluding steroid dienone is 4. The molecule has 0 bridgehead atoms. The van der Waals surface area contributed by atoms with Crippen LogP contribution in [-0.4, -0.2) is 16.9 Å². The fourth-order valence-electron chi connectivity index (χ4n) is 2.09. The van der Waals surface area contributed by atoms with Gasteiger partial charge < -0.3 is 9.84 Å². The van der Waals surface area contributed by atoms with E-state index < -0.39 is 12.1 Å². The summed E-state index contributed by atoms with van der Waals surface area (Å²) in [5, 5.41) is 11.2. The minimum absolute atomic E-state index is 0.00921. The van der Waals surface area contributed by atoms with E-state index in [-0.39, 0.29) is 16.9 Å². The summed E-state index contributed by atoms with van der Waals surface area (Å²) >= 11 is 4.61. The van der Waals surface area contributed by atoms with E-state index in [9.17, 15) is 14.7 Å². The highest BCUT2D eigenvalue weighted by molar-refractivity contribution is 9.11. The molecule has 0 spiro atoms. The third-order valence-electron chi connectivity index (χ3n) is 2.84. The molecule has 0 amide bonds. The van der Waals surface area contributed by atoms with Crippen LogP contribution < -0.4 is 0 Å². The monoisotopic (exact) mass is 338 g/mol. The highest BCUT2D eigenvalue weighted by Gasteiger charge is 2.41. The average molecular weight is 339 g/mol. The van der Waals surface area contributed by atoms with Gasteiger partial charge >= 0.3 is 5.97 Å². The zero-order valence-corrected chi connectivity index (χ0v) is 11.8. The van der Waals surface area contributed by atoms with Gasteiger partial charge in [-0.25, -0.2) is 4.79 Å². The Labute approximate surface area is 120 Å². The molecule has 1 aliphatic carbocycles. The maximum atomic E-state index is 12.0. The summed E-state index contributed by atoms with van der Waals surface area (Å²) in [5.41, 5.74) is 0.157. The van der Waals surface area contributed by atoms with E-state index in [0.717, 1.165) is 4.88 Å². The van der Waals surface area contributed by atoms with Crippen LogP contribution in [-0.2, 0) is 14.3 Å². The summed E-state index contributed by atoms with van der Waals surface area (Å²) in [6, 6.07) is 3.61. The van der Waals surface area contributed by atoms with Crippen LogP contribution in [0.1, 0.15) is 11.0 Å². The largest absolute Gasteiger partial charge is 0.479 e. The molecule has 0 saturated carbocycles. The molecule has 0 saturated heterocycles. The Morgan fingerprint density at radius 1 is 1.42 bits per heavy atom. The number of carbonyl (C=O) groups is 2. The van der Waals surface area contributed by atoms with Crippen LogP contribution in [0.15, 0.2) is 51.1 Å². The number of rotatable bonds is 2. The van der Waals surface area contributed by atoms with Crippen molar-refractivity contribution in [1.82, 2.24) is 0 Å². The van der Waals surface area contributed by atoms with Crippen molar-refractivity contribution in [2.45, 2.75) is 6.10 Å². The van der Waals surface area contributed by atoms with Crippen molar-refractivity contribution in [2.24, 2.45) is 0 Å². The topological polar surface area (TPSA) is 63.6 Å². The van der Waals surface area contributed by atoms with Crippen molar-refractivity contribution < 1.29 is 19.4 Å². The molecule has 0 aromatic carbocycles. The molecule has 19 heavy (non-hydrogen) atoms. The van der Waals surface area contributed by atoms with Gasteiger partial charge in [0.2, 0.25) is 0 Å². The molecule has 2 heterocycles. The van der Waals surface area contributed by atoms with Gasteiger partial charge in [-0.15, -0.1) is 11.3 Å². The molecule has 0 radical (unpaired) electrons. The maximum absolute atomic E-state index is 12.0. The van der Waals surface area contributed by atoms with E-state index in [0.29, 0.717) is 10.2 Å². The number of carboxylic acids is 1. The number of hydrogen-bond acceptors (Lipinski definition) is 4. The van der Waals surface area contributed by atoms with Gasteiger partial charge in [-0.2, -0.15) is 0 Å². The van der Waals surface area contributed by atoms with Crippen molar-refractivity contribution in [3.8, 4) is 0 Å². The zero-order chi connectivity index (χ0) is 13.6. The Hall–Kier alpha value is -1.66. The number of carboxylic acid groups (broad SMARTS) is 1. The molecule has 1 aromatic heterocycles. The molecule has 6 heteroatoms. The van der Waals surface area contributed by atoms with E-state index in [2.05, 4.69) is 15.9 Å². The predicted octanol–water partition coefficient (Wildman–Crippen LogP) is 2.95. The van der Waals surface area contributed by atoms with Crippen molar-refractivity contribution in [3.63, 3.8) is 0 Å². The normalized spacial score (nSPS) is 21.7. The molecule has 0 fully saturated rings. The first-order valence-corrected chi connectivity index (χ1v) is 7.06. The van der Waals surface area contributed by atoms with Gasteiger partial charge in [-0.05, 0) is 17.5 Å². The van der Waals surface area contributed by atoms with Crippen LogP contribution in [0.25, 0.3) is 0 Å². The van der Waals surface area contributed by atoms with Gasteiger partial charge in [0.25, 0.3) is 0 Å². The van der Waals surface area contributed by atoms with Crippen LogP contribution in [0.2, 0.25) is 0 Å². The fourth-order valence-corrected chi connectivity index (χ4v) is 3.27. The maximum Gasteiger partial charge on any atom is 0.336 e. The Kier molecular flexibility index (Phi) is 2.91. The molecule has 2 aliphatic rings. The van der Waals surface area contributed by atoms with E-state index in [1.54, 1.807) is 12.1 Å². The number of hydrogen-bond donors (Lipinski definition) is 1. The summed E-state index contributed by atoms with van der Waals surface area (Å²) in [7, 11) is 0. The molecule has 96 valence electrons. The standard InChI is InChI=1S/C13H7BrO4S/c14-6-4-7(15)10-8(5-6)18-12(11(10)13(16)17)9-2-1-3-19-9/h1-5,12H,(H,16,17). The van der Waals surface area contributed by atoms with Gasteiger partial charge in [-0.3, -0.25) is 4.79 Å². The average Bonchev–Trinajstić information content (AvgIpc) is 2.92. The van der Waals surface area contributed by atoms with Crippen molar-refractivity contribution in [1.29, 1.82) is 0 Å². The Morgan fingerprint density at radius 2 is 2.21 bits per heavy atom. The number of ether oxygens (including phenoxy) is 1. The lowest BCUT2D eigenvalue weighted by Gasteiger charge is -2.11. The Morgan fingerprint density at radius 3 is 2.84 bits per heavy atom. The summed E-state index contributed by atoms with van der Waals surface area (Å²) in [4.78, 5) is 24.2. The summed E-state index contributed by atoms with van der Waals surface area (Å²) < 4.78 is 6.23. The minimum Gasteiger partial charge on any atom is -0.479 e. The second-order valence-electron chi connectivity index (χ2n) is 4.01. The molecular formula is C13H7BrO4S. The van der Waals surface area contributed by atoms with E-state index in [1.807, 2.05) is 11.4 Å². The smallest absolute Gasteiger partial charge is 0.336 e. The van der Waals surface area contributed by atoms with E-state index in [4.69, 9.17) is 4.74 Å². The lowest BCUT2D eigenvalue weighted by molar-refractivity contribution is -0.133. The van der Waals surface area contributed by atoms with Crippen LogP contribution >= 0.6 is 27.3 Å². The van der Waals surface area contributed by atoms with Crippen molar-refractivity contribution in [3.05, 3.63) is 55.9 Å². The quantitative estimate of drug-likeness (QED) is 0.900. The van der Waals surface area contributed by atoms with Crippen molar-refractivity contribution >= 4 is 39.0 Å². The molecule has 4 nitrogen and oxygen atoms in total. The number of thiophene rings is 1. The first-order valence-electron chi connectivity index (χ1n) is 5.39. The van der Waals surface area contributed by atoms with Crippen molar-refractivity contribution in [2.75, 3.05) is 0 Å². The van der Waals surface area contributed by atoms with Gasteiger partial charge in [0.05, 0.1) is 11.1 Å². The first kappa shape index (κ1) is 12.4. The molecule has 3 rings (SSSR count). The summed E-state index contributed by atoms with van der Waals surface area (Å²) in [6.45, 7) is 0. The Bertz CT molecular complexity index is 667. The van der Waals surface area contributed by atoms with Gasteiger partial charge in [-0.1, -0.05) is 22.0 Å². The second-order valence-corrected chi connectivity index (χ2v) is 5.90. The fraction of sp³-hybridized carbons (Fsp3) is 0.0769. The lowest BCUT2D eigenvalue weighted by Crippen LogP contribution is -2.11. The summed E-state index contributed by atoms with van der Waals surface area (Å²) in [5.74, 6) is -1.16. The van der Waals surface area contributed by atoms with Gasteiger partial charge in [0.15, 0.2) is 11.9 Å². The van der Waals surface area contributed by atoms with Crippen LogP contribution in [0.3, 0.4) is 0 Å². The second kappa shape index (κ2) is 4.47. The highest BCUT2D eigenvalue weighted by atomic mass is 79.9. The number of halogens is 1. The molecule has 1 N–H and O–H groups in total. The highest BCUT2D eigenvalue weighted by Crippen LogP contribution is 2.44. The van der Waals surface area contributed by atoms with Gasteiger partial charge in [0, 0.05) is 15.4 Å². The van der Waals surface area contributed by atoms with Crippen LogP contribution in [0.5, 0.6) is 0 Å². The van der Waals surface area contributed by atoms with E-state index >= 15 is 0 Å². The SMILES string of the molecule is O=C(O)C1=C2C(=O)C=C(Br)C=C2OC1c1cccs1. The molecule has 1 aliphatic heterocycles. The zero-order valence-electron chi connectivity index (χ0n) is 9.42. The van der Waals surface area contributed by atoms with Crippen LogP contribution in [0, 0.1) is 0 Å². The van der Waals surface area contributed by atoms with Gasteiger partial charge in [0.1, 0.15) is 5.76 Å². The molecule has 1 aromatic rings. The lowest BCUT2D eigenvalue weighted by atomic mass is 9.97. The molecule has 1 unspecified atom stereocenters.